The highest BCUT2D eigenvalue weighted by atomic mass is 16.5. The number of carbonyl (C=O) groups is 3. The van der Waals surface area contributed by atoms with Gasteiger partial charge in [0.2, 0.25) is 6.54 Å². The van der Waals surface area contributed by atoms with Crippen LogP contribution >= 0.6 is 0 Å². The van der Waals surface area contributed by atoms with Gasteiger partial charge in [-0.2, -0.15) is 0 Å². The first-order valence-corrected chi connectivity index (χ1v) is 34.8. The molecule has 15 nitrogen and oxygen atoms in total. The van der Waals surface area contributed by atoms with E-state index < -0.39 is 11.0 Å². The van der Waals surface area contributed by atoms with Crippen LogP contribution in [0.15, 0.2) is 0 Å². The molecule has 0 aromatic heterocycles. The van der Waals surface area contributed by atoms with Crippen LogP contribution in [0, 0.1) is 55.3 Å². The summed E-state index contributed by atoms with van der Waals surface area (Å²) in [7, 11) is 6.39. The third-order valence-corrected chi connectivity index (χ3v) is 15.3. The minimum atomic E-state index is -0.877. The fraction of sp³-hybridized carbons (Fsp3) is 0.951. The summed E-state index contributed by atoms with van der Waals surface area (Å²) in [5.74, 6) is -0.465. The van der Waals surface area contributed by atoms with E-state index in [-0.39, 0.29) is 91.6 Å². The maximum Gasteiger partial charge on any atom is 0.325 e. The predicted octanol–water partition coefficient (Wildman–Crippen LogP) is 20.4. The zero-order valence-electron chi connectivity index (χ0n) is 65.7. The van der Waals surface area contributed by atoms with E-state index in [1.807, 2.05) is 27.7 Å². The summed E-state index contributed by atoms with van der Waals surface area (Å²) in [5, 5.41) is 0. The lowest BCUT2D eigenvalue weighted by Crippen LogP contribution is -2.45. The number of ether oxygens (including phenoxy) is 5. The van der Waals surface area contributed by atoms with Gasteiger partial charge < -0.3 is 49.0 Å². The van der Waals surface area contributed by atoms with Crippen molar-refractivity contribution in [3.05, 3.63) is 11.4 Å². The van der Waals surface area contributed by atoms with Crippen molar-refractivity contribution in [2.45, 2.75) is 316 Å². The topological polar surface area (TPSA) is 144 Å². The Kier molecular flexibility index (Phi) is 70.9. The first kappa shape index (κ1) is 119. The van der Waals surface area contributed by atoms with Crippen LogP contribution in [0.3, 0.4) is 0 Å². The number of likely N-dealkylation sites (N-methyl/N-ethyl adjacent to an activating group) is 1. The molecule has 3 saturated heterocycles. The van der Waals surface area contributed by atoms with Crippen LogP contribution in [0.25, 0.3) is 4.85 Å². The van der Waals surface area contributed by atoms with Gasteiger partial charge in [0.1, 0.15) is 5.54 Å². The number of carbonyl (C=O) groups excluding carboxylic acids is 3. The van der Waals surface area contributed by atoms with Crippen molar-refractivity contribution in [2.75, 3.05) is 152 Å². The van der Waals surface area contributed by atoms with Crippen LogP contribution in [0.1, 0.15) is 310 Å². The second-order valence-electron chi connectivity index (χ2n) is 36.3. The fourth-order valence-electron chi connectivity index (χ4n) is 7.92. The molecule has 0 atom stereocenters. The van der Waals surface area contributed by atoms with E-state index >= 15 is 0 Å². The predicted molar refractivity (Wildman–Crippen MR) is 432 cm³/mol. The normalized spacial score (nSPS) is 15.1. The Bertz CT molecular complexity index is 1840. The van der Waals surface area contributed by atoms with Crippen molar-refractivity contribution < 1.29 is 38.1 Å². The Balaban J connectivity index is -0.000000101. The molecule has 594 valence electrons. The molecular weight excluding hydrogens is 1210 g/mol. The zero-order chi connectivity index (χ0) is 71.1. The molecule has 0 aromatic rings. The number of nitrogens with zero attached hydrogens (tertiary/aromatic N) is 6. The molecule has 3 aliphatic heterocycles. The van der Waals surface area contributed by atoms with E-state index in [0.717, 1.165) is 130 Å². The molecule has 0 amide bonds. The second-order valence-corrected chi connectivity index (χ2v) is 36.3. The molecule has 97 heavy (non-hydrogen) atoms. The molecule has 3 heterocycles. The van der Waals surface area contributed by atoms with Gasteiger partial charge in [0.25, 0.3) is 0 Å². The Hall–Kier alpha value is -2.42. The molecule has 2 N–H and O–H groups in total. The van der Waals surface area contributed by atoms with Crippen LogP contribution in [-0.2, 0) is 38.1 Å². The SMILES string of the molecule is C.C.C.C.C.C.C.CC(C)(C)CCN1CCOCC1.CC(C)(C)CCOC(=O)C(C)(C)CCN1CCOCC1.CC(C)(C)CCOC(=O)C(C)(C)N.CCCC(C)(C)C.CN(C)CCC(C)(C)C.CN1CCN(CCC(C)(C)C(=O)OCCC(C)(C)C)CC1.[C-]#[N+]CCC(C)(C)C. The summed E-state index contributed by atoms with van der Waals surface area (Å²) in [6.07, 6.45) is 10.6. The third kappa shape index (κ3) is 85.9. The largest absolute Gasteiger partial charge is 0.465 e. The average Bonchev–Trinajstić information content (AvgIpc) is 0.884. The standard InChI is InChI=1S/C17H34N2O2.C16H31NO3.C10H21NO2.C10H21NO.C8H19N.C7H13N.C7H16.7CH4/c1-16(2,3)8-14-21-15(20)17(4,5)7-9-19-12-10-18(6)11-13-19;1-15(2,3)7-11-20-14(18)16(4,5)6-8-17-9-12-19-13-10-17;1-9(2,3)6-7-13-8(12)10(4,5)11;1-10(2,3)4-5-11-6-8-12-9-7-11;1-8(2,3)6-7-9(4)5;1-7(2,3)5-6-8-4;1-5-6-7(2,3)4;;;;;;;/h7-14H2,1-6H3;6-13H2,1-5H3;6-7,11H2,1-5H3;4-9H2,1-3H3;6-7H2,1-5H3;5-6H2,1-3H3;5-6H2,1-4H3;7*1H4. The molecule has 0 spiro atoms. The van der Waals surface area contributed by atoms with Crippen LogP contribution in [0.2, 0.25) is 0 Å². The number of piperazine rings is 1. The fourth-order valence-corrected chi connectivity index (χ4v) is 7.92. The first-order chi connectivity index (χ1) is 40.6. The maximum absolute atomic E-state index is 12.2. The number of rotatable bonds is 21. The summed E-state index contributed by atoms with van der Waals surface area (Å²) in [5.41, 5.74) is 6.34. The van der Waals surface area contributed by atoms with Crippen LogP contribution in [0.4, 0.5) is 0 Å². The molecule has 3 fully saturated rings. The third-order valence-electron chi connectivity index (χ3n) is 15.3. The van der Waals surface area contributed by atoms with E-state index in [1.54, 1.807) is 13.8 Å². The molecule has 0 unspecified atom stereocenters. The lowest BCUT2D eigenvalue weighted by molar-refractivity contribution is -0.156. The molecule has 0 bridgehead atoms. The molecule has 0 saturated carbocycles. The summed E-state index contributed by atoms with van der Waals surface area (Å²) >= 11 is 0. The highest BCUT2D eigenvalue weighted by Gasteiger charge is 2.32. The Morgan fingerprint density at radius 1 is 0.402 bits per heavy atom. The van der Waals surface area contributed by atoms with Gasteiger partial charge in [-0.3, -0.25) is 24.2 Å². The molecule has 15 heteroatoms. The summed E-state index contributed by atoms with van der Waals surface area (Å²) < 4.78 is 26.6. The van der Waals surface area contributed by atoms with Crippen molar-refractivity contribution >= 4 is 17.9 Å². The first-order valence-electron chi connectivity index (χ1n) is 34.8. The molecule has 0 radical (unpaired) electrons. The van der Waals surface area contributed by atoms with Crippen molar-refractivity contribution in [1.82, 2.24) is 24.5 Å². The van der Waals surface area contributed by atoms with Crippen molar-refractivity contribution in [3.63, 3.8) is 0 Å². The van der Waals surface area contributed by atoms with E-state index in [0.29, 0.717) is 48.0 Å². The Morgan fingerprint density at radius 3 is 0.887 bits per heavy atom. The van der Waals surface area contributed by atoms with E-state index in [1.165, 1.54) is 38.8 Å². The molecular formula is C82H183N7O8. The second kappa shape index (κ2) is 58.0. The van der Waals surface area contributed by atoms with Gasteiger partial charge in [-0.05, 0) is 178 Å². The molecule has 0 aliphatic carbocycles. The Labute approximate surface area is 611 Å². The average molecular weight is 1400 g/mol. The van der Waals surface area contributed by atoms with Gasteiger partial charge in [0.05, 0.1) is 57.1 Å². The monoisotopic (exact) mass is 1390 g/mol. The summed E-state index contributed by atoms with van der Waals surface area (Å²) in [4.78, 5) is 50.7. The molecule has 3 aliphatic rings. The van der Waals surface area contributed by atoms with Crippen LogP contribution < -0.4 is 5.73 Å². The van der Waals surface area contributed by atoms with Gasteiger partial charge in [-0.25, -0.2) is 6.57 Å². The van der Waals surface area contributed by atoms with E-state index in [9.17, 15) is 14.4 Å². The number of hydrogen-bond donors (Lipinski definition) is 1. The number of morpholine rings is 2. The maximum atomic E-state index is 12.2. The van der Waals surface area contributed by atoms with E-state index in [2.05, 4.69) is 203 Å². The van der Waals surface area contributed by atoms with Gasteiger partial charge in [0.15, 0.2) is 0 Å². The lowest BCUT2D eigenvalue weighted by Gasteiger charge is -2.34. The number of nitrogens with two attached hydrogens (primary N) is 1. The van der Waals surface area contributed by atoms with Gasteiger partial charge in [-0.15, -0.1) is 0 Å². The van der Waals surface area contributed by atoms with Gasteiger partial charge in [-0.1, -0.05) is 211 Å². The van der Waals surface area contributed by atoms with Crippen molar-refractivity contribution in [3.8, 4) is 0 Å². The quantitative estimate of drug-likeness (QED) is 0.0661. The Morgan fingerprint density at radius 2 is 0.670 bits per heavy atom. The lowest BCUT2D eigenvalue weighted by atomic mass is 9.89. The van der Waals surface area contributed by atoms with Crippen LogP contribution in [-0.4, -0.2) is 200 Å². The summed E-state index contributed by atoms with van der Waals surface area (Å²) in [6, 6.07) is 0. The smallest absolute Gasteiger partial charge is 0.325 e. The highest BCUT2D eigenvalue weighted by molar-refractivity contribution is 5.79. The minimum absolute atomic E-state index is 0. The van der Waals surface area contributed by atoms with Crippen molar-refractivity contribution in [2.24, 2.45) is 54.5 Å². The number of hydrogen-bond acceptors (Lipinski definition) is 14. The van der Waals surface area contributed by atoms with Gasteiger partial charge in [0, 0.05) is 58.8 Å². The van der Waals surface area contributed by atoms with E-state index in [4.69, 9.17) is 36.0 Å². The highest BCUT2D eigenvalue weighted by Crippen LogP contribution is 2.28. The van der Waals surface area contributed by atoms with Crippen LogP contribution in [0.5, 0.6) is 0 Å². The van der Waals surface area contributed by atoms with Gasteiger partial charge >= 0.3 is 17.9 Å². The van der Waals surface area contributed by atoms with Crippen molar-refractivity contribution in [1.29, 1.82) is 0 Å². The number of esters is 3. The minimum Gasteiger partial charge on any atom is -0.465 e. The molecule has 3 rings (SSSR count). The zero-order valence-corrected chi connectivity index (χ0v) is 65.7. The summed E-state index contributed by atoms with van der Waals surface area (Å²) in [6.45, 7) is 84.8. The molecule has 0 aromatic carbocycles.